The molecule has 37 heavy (non-hydrogen) atoms. The van der Waals surface area contributed by atoms with E-state index in [1.807, 2.05) is 71.6 Å². The van der Waals surface area contributed by atoms with Gasteiger partial charge >= 0.3 is 0 Å². The van der Waals surface area contributed by atoms with Gasteiger partial charge in [-0.05, 0) is 61.7 Å². The smallest absolute Gasteiger partial charge is 0.258 e. The van der Waals surface area contributed by atoms with E-state index in [4.69, 9.17) is 0 Å². The molecule has 1 fully saturated rings. The summed E-state index contributed by atoms with van der Waals surface area (Å²) in [5, 5.41) is 10.4. The summed E-state index contributed by atoms with van der Waals surface area (Å²) in [6, 6.07) is 25.7. The number of para-hydroxylation sites is 1. The Labute approximate surface area is 221 Å². The second-order valence-electron chi connectivity index (χ2n) is 10.0. The van der Waals surface area contributed by atoms with Gasteiger partial charge in [0.1, 0.15) is 5.75 Å². The second-order valence-corrected chi connectivity index (χ2v) is 10.0. The molecule has 0 aliphatic carbocycles. The van der Waals surface area contributed by atoms with Gasteiger partial charge in [-0.25, -0.2) is 0 Å². The second kappa shape index (κ2) is 12.2. The number of carbonyl (C=O) groups is 1. The van der Waals surface area contributed by atoms with Gasteiger partial charge < -0.3 is 10.0 Å². The fourth-order valence-electron chi connectivity index (χ4n) is 5.50. The monoisotopic (exact) mass is 497 g/mol. The maximum atomic E-state index is 14.2. The zero-order chi connectivity index (χ0) is 26.4. The van der Waals surface area contributed by atoms with E-state index in [-0.39, 0.29) is 23.7 Å². The predicted octanol–water partition coefficient (Wildman–Crippen LogP) is 6.12. The van der Waals surface area contributed by atoms with Crippen LogP contribution >= 0.6 is 0 Å². The zero-order valence-electron chi connectivity index (χ0n) is 22.3. The number of hydrogen-bond donors (Lipinski definition) is 1. The molecular weight excluding hydrogens is 458 g/mol. The fourth-order valence-corrected chi connectivity index (χ4v) is 5.50. The van der Waals surface area contributed by atoms with Gasteiger partial charge in [-0.3, -0.25) is 14.6 Å². The first-order chi connectivity index (χ1) is 17.9. The number of benzene rings is 3. The summed E-state index contributed by atoms with van der Waals surface area (Å²) in [5.74, 6) is 0.231. The van der Waals surface area contributed by atoms with Gasteiger partial charge in [-0.2, -0.15) is 0 Å². The average Bonchev–Trinajstić information content (AvgIpc) is 2.91. The molecule has 5 heteroatoms. The van der Waals surface area contributed by atoms with Crippen molar-refractivity contribution in [1.82, 2.24) is 9.80 Å². The van der Waals surface area contributed by atoms with E-state index < -0.39 is 0 Å². The van der Waals surface area contributed by atoms with Crippen molar-refractivity contribution < 1.29 is 9.90 Å². The number of anilines is 1. The number of aromatic hydroxyl groups is 1. The minimum atomic E-state index is -0.171. The molecule has 0 radical (unpaired) electrons. The molecule has 0 bridgehead atoms. The Bertz CT molecular complexity index is 1200. The standard InChI is InChI=1S/C32H39N3O2/c1-5-19-33-22-25(4)35(23-24(33)3)31(26-13-12-16-28(36)21-26)29-17-10-11-18-30(29)32(37)34(20-6-2)27-14-8-7-9-15-27/h5,7-18,21,24-25,31,36H,1,6,19-20,22-23H2,2-4H3/t24-,25+,31-/m1/s1. The molecule has 1 saturated heterocycles. The number of carbonyl (C=O) groups excluding carboxylic acids is 1. The number of piperazine rings is 1. The van der Waals surface area contributed by atoms with Crippen molar-refractivity contribution >= 4 is 11.6 Å². The van der Waals surface area contributed by atoms with Crippen LogP contribution in [0.25, 0.3) is 0 Å². The molecule has 0 aromatic heterocycles. The van der Waals surface area contributed by atoms with Crippen molar-refractivity contribution in [2.75, 3.05) is 31.1 Å². The van der Waals surface area contributed by atoms with Gasteiger partial charge in [0.05, 0.1) is 6.04 Å². The van der Waals surface area contributed by atoms with Crippen LogP contribution in [0.4, 0.5) is 5.69 Å². The third-order valence-corrected chi connectivity index (χ3v) is 7.29. The molecule has 1 amide bonds. The highest BCUT2D eigenvalue weighted by Gasteiger charge is 2.36. The molecule has 0 unspecified atom stereocenters. The molecular formula is C32H39N3O2. The van der Waals surface area contributed by atoms with E-state index in [2.05, 4.69) is 49.3 Å². The molecule has 4 rings (SSSR count). The molecule has 1 N–H and O–H groups in total. The summed E-state index contributed by atoms with van der Waals surface area (Å²) in [4.78, 5) is 21.0. The highest BCUT2D eigenvalue weighted by molar-refractivity contribution is 6.07. The highest BCUT2D eigenvalue weighted by atomic mass is 16.3. The summed E-state index contributed by atoms with van der Waals surface area (Å²) in [6.07, 6.45) is 2.82. The minimum absolute atomic E-state index is 0.000187. The normalized spacial score (nSPS) is 19.3. The Kier molecular flexibility index (Phi) is 8.80. The molecule has 1 aliphatic heterocycles. The quantitative estimate of drug-likeness (QED) is 0.362. The van der Waals surface area contributed by atoms with Gasteiger partial charge in [0.25, 0.3) is 5.91 Å². The van der Waals surface area contributed by atoms with E-state index in [9.17, 15) is 9.90 Å². The highest BCUT2D eigenvalue weighted by Crippen LogP contribution is 2.37. The van der Waals surface area contributed by atoms with Gasteiger partial charge in [0.15, 0.2) is 0 Å². The topological polar surface area (TPSA) is 47.0 Å². The molecule has 5 nitrogen and oxygen atoms in total. The lowest BCUT2D eigenvalue weighted by atomic mass is 9.90. The molecule has 0 spiro atoms. The maximum absolute atomic E-state index is 14.2. The summed E-state index contributed by atoms with van der Waals surface area (Å²) in [7, 11) is 0. The SMILES string of the molecule is C=CCN1C[C@H](C)N([C@H](c2cccc(O)c2)c2ccccc2C(=O)N(CCC)c2ccccc2)C[C@H]1C. The van der Waals surface area contributed by atoms with E-state index in [1.54, 1.807) is 6.07 Å². The number of phenols is 1. The van der Waals surface area contributed by atoms with Crippen molar-refractivity contribution in [2.24, 2.45) is 0 Å². The van der Waals surface area contributed by atoms with E-state index in [0.717, 1.165) is 42.9 Å². The van der Waals surface area contributed by atoms with Crippen LogP contribution in [0, 0.1) is 0 Å². The predicted molar refractivity (Wildman–Crippen MR) is 152 cm³/mol. The largest absolute Gasteiger partial charge is 0.508 e. The van der Waals surface area contributed by atoms with Crippen molar-refractivity contribution in [3.05, 3.63) is 108 Å². The fraction of sp³-hybridized carbons (Fsp3) is 0.344. The number of hydrogen-bond acceptors (Lipinski definition) is 4. The molecule has 3 atom stereocenters. The minimum Gasteiger partial charge on any atom is -0.508 e. The lowest BCUT2D eigenvalue weighted by molar-refractivity contribution is 0.0304. The zero-order valence-corrected chi connectivity index (χ0v) is 22.3. The van der Waals surface area contributed by atoms with Crippen LogP contribution in [-0.2, 0) is 0 Å². The van der Waals surface area contributed by atoms with E-state index in [1.165, 1.54) is 0 Å². The summed E-state index contributed by atoms with van der Waals surface area (Å²) in [6.45, 7) is 13.8. The Morgan fingerprint density at radius 1 is 1.03 bits per heavy atom. The van der Waals surface area contributed by atoms with Crippen LogP contribution in [0.15, 0.2) is 91.5 Å². The summed E-state index contributed by atoms with van der Waals surface area (Å²) in [5.41, 5.74) is 3.55. The van der Waals surface area contributed by atoms with E-state index in [0.29, 0.717) is 18.2 Å². The van der Waals surface area contributed by atoms with Crippen LogP contribution in [0.3, 0.4) is 0 Å². The molecule has 1 heterocycles. The van der Waals surface area contributed by atoms with Crippen molar-refractivity contribution in [1.29, 1.82) is 0 Å². The van der Waals surface area contributed by atoms with Gasteiger partial charge in [-0.1, -0.05) is 61.5 Å². The average molecular weight is 498 g/mol. The van der Waals surface area contributed by atoms with Crippen LogP contribution in [0.5, 0.6) is 5.75 Å². The lowest BCUT2D eigenvalue weighted by Gasteiger charge is -2.47. The molecule has 3 aromatic rings. The van der Waals surface area contributed by atoms with E-state index >= 15 is 0 Å². The molecule has 194 valence electrons. The van der Waals surface area contributed by atoms with Crippen LogP contribution < -0.4 is 4.90 Å². The maximum Gasteiger partial charge on any atom is 0.258 e. The Morgan fingerprint density at radius 2 is 1.76 bits per heavy atom. The van der Waals surface area contributed by atoms with Crippen LogP contribution in [0.1, 0.15) is 54.7 Å². The molecule has 0 saturated carbocycles. The summed E-state index contributed by atoms with van der Waals surface area (Å²) < 4.78 is 0. The van der Waals surface area contributed by atoms with Crippen LogP contribution in [-0.4, -0.2) is 59.1 Å². The number of amides is 1. The first-order valence-electron chi connectivity index (χ1n) is 13.3. The van der Waals surface area contributed by atoms with Gasteiger partial charge in [0, 0.05) is 49.5 Å². The third-order valence-electron chi connectivity index (χ3n) is 7.29. The van der Waals surface area contributed by atoms with Gasteiger partial charge in [0.2, 0.25) is 0 Å². The first-order valence-corrected chi connectivity index (χ1v) is 13.3. The molecule has 3 aromatic carbocycles. The Balaban J connectivity index is 1.80. The van der Waals surface area contributed by atoms with Crippen molar-refractivity contribution in [2.45, 2.75) is 45.3 Å². The van der Waals surface area contributed by atoms with Crippen molar-refractivity contribution in [3.63, 3.8) is 0 Å². The van der Waals surface area contributed by atoms with Crippen molar-refractivity contribution in [3.8, 4) is 5.75 Å². The third kappa shape index (κ3) is 5.95. The first kappa shape index (κ1) is 26.6. The number of phenolic OH excluding ortho intramolecular Hbond substituents is 1. The Hall–Kier alpha value is -3.41. The van der Waals surface area contributed by atoms with Crippen LogP contribution in [0.2, 0.25) is 0 Å². The summed E-state index contributed by atoms with van der Waals surface area (Å²) >= 11 is 0. The molecule has 1 aliphatic rings. The number of rotatable bonds is 9. The lowest BCUT2D eigenvalue weighted by Crippen LogP contribution is -2.57. The number of nitrogens with zero attached hydrogens (tertiary/aromatic N) is 3. The Morgan fingerprint density at radius 3 is 2.46 bits per heavy atom. The van der Waals surface area contributed by atoms with Gasteiger partial charge in [-0.15, -0.1) is 6.58 Å².